The van der Waals surface area contributed by atoms with Gasteiger partial charge in [-0.1, -0.05) is 0 Å². The summed E-state index contributed by atoms with van der Waals surface area (Å²) in [4.78, 5) is 26.6. The fraction of sp³-hybridized carbons (Fsp3) is 0.857. The Labute approximate surface area is 137 Å². The highest BCUT2D eigenvalue weighted by molar-refractivity contribution is 5.76. The van der Waals surface area contributed by atoms with Gasteiger partial charge in [0.2, 0.25) is 11.8 Å². The van der Waals surface area contributed by atoms with Crippen LogP contribution >= 0.6 is 0 Å². The maximum Gasteiger partial charge on any atom is 0.228 e. The molecule has 0 atom stereocenters. The highest BCUT2D eigenvalue weighted by Gasteiger charge is 2.14. The molecule has 9 nitrogen and oxygen atoms in total. The first-order valence-corrected chi connectivity index (χ1v) is 7.19. The molecule has 9 heteroatoms. The summed E-state index contributed by atoms with van der Waals surface area (Å²) in [5.41, 5.74) is 0. The van der Waals surface area contributed by atoms with Crippen molar-refractivity contribution in [3.8, 4) is 0 Å². The smallest absolute Gasteiger partial charge is 0.228 e. The molecule has 0 unspecified atom stereocenters. The molecule has 0 N–H and O–H groups in total. The fourth-order valence-electron chi connectivity index (χ4n) is 1.72. The molecule has 0 aliphatic heterocycles. The monoisotopic (exact) mass is 336 g/mol. The maximum absolute atomic E-state index is 11.9. The zero-order valence-electron chi connectivity index (χ0n) is 14.4. The van der Waals surface area contributed by atoms with Gasteiger partial charge in [0.25, 0.3) is 0 Å². The predicted molar refractivity (Wildman–Crippen MR) is 81.2 cm³/mol. The van der Waals surface area contributed by atoms with Gasteiger partial charge < -0.3 is 23.7 Å². The Morgan fingerprint density at radius 1 is 0.652 bits per heavy atom. The first-order chi connectivity index (χ1) is 11.1. The summed E-state index contributed by atoms with van der Waals surface area (Å²) in [6.45, 7) is 1.10. The Morgan fingerprint density at radius 2 is 0.957 bits per heavy atom. The van der Waals surface area contributed by atoms with Gasteiger partial charge in [0.05, 0.1) is 26.1 Å². The second-order valence-electron chi connectivity index (χ2n) is 4.65. The summed E-state index contributed by atoms with van der Waals surface area (Å²) in [7, 11) is 6.02. The molecule has 0 aliphatic carbocycles. The van der Waals surface area contributed by atoms with Crippen LogP contribution < -0.4 is 0 Å². The van der Waals surface area contributed by atoms with E-state index in [1.54, 1.807) is 0 Å². The molecule has 0 heterocycles. The van der Waals surface area contributed by atoms with Crippen molar-refractivity contribution in [2.24, 2.45) is 0 Å². The van der Waals surface area contributed by atoms with Crippen LogP contribution in [0, 0.1) is 0 Å². The van der Waals surface area contributed by atoms with Gasteiger partial charge in [-0.05, 0) is 0 Å². The minimum atomic E-state index is -0.139. The number of amides is 2. The van der Waals surface area contributed by atoms with Crippen LogP contribution in [0.5, 0.6) is 0 Å². The molecule has 0 bridgehead atoms. The van der Waals surface area contributed by atoms with Crippen LogP contribution in [0.25, 0.3) is 0 Å². The Kier molecular flexibility index (Phi) is 13.6. The Hall–Kier alpha value is -1.26. The van der Waals surface area contributed by atoms with E-state index in [0.29, 0.717) is 0 Å². The van der Waals surface area contributed by atoms with Crippen molar-refractivity contribution in [2.75, 3.05) is 68.6 Å². The van der Waals surface area contributed by atoms with E-state index >= 15 is 0 Å². The van der Waals surface area contributed by atoms with Crippen molar-refractivity contribution in [1.29, 1.82) is 0 Å². The molecule has 0 aromatic heterocycles. The summed E-state index contributed by atoms with van der Waals surface area (Å²) in [6, 6.07) is 0. The summed E-state index contributed by atoms with van der Waals surface area (Å²) >= 11 is 0. The van der Waals surface area contributed by atoms with Crippen molar-refractivity contribution in [3.63, 3.8) is 0 Å². The van der Waals surface area contributed by atoms with Crippen LogP contribution in [0.2, 0.25) is 0 Å². The normalized spacial score (nSPS) is 10.6. The second kappa shape index (κ2) is 14.3. The summed E-state index contributed by atoms with van der Waals surface area (Å²) in [5, 5.41) is 0. The number of hydrogen-bond donors (Lipinski definition) is 0. The van der Waals surface area contributed by atoms with E-state index in [1.807, 2.05) is 0 Å². The van der Waals surface area contributed by atoms with Crippen LogP contribution in [0.3, 0.4) is 0 Å². The molecule has 0 aliphatic rings. The molecule has 2 amide bonds. The topological polar surface area (TPSA) is 86.8 Å². The molecule has 0 saturated carbocycles. The highest BCUT2D eigenvalue weighted by Crippen LogP contribution is 1.99. The number of nitrogens with zero attached hydrogens (tertiary/aromatic N) is 2. The molecule has 0 rings (SSSR count). The molecule has 0 radical (unpaired) electrons. The molecule has 0 saturated heterocycles. The minimum absolute atomic E-state index is 0.139. The molecule has 0 fully saturated rings. The van der Waals surface area contributed by atoms with E-state index in [9.17, 15) is 9.59 Å². The summed E-state index contributed by atoms with van der Waals surface area (Å²) in [5.74, 6) is -0.277. The number of carbonyl (C=O) groups is 2. The Morgan fingerprint density at radius 3 is 1.22 bits per heavy atom. The lowest BCUT2D eigenvalue weighted by Gasteiger charge is -2.21. The van der Waals surface area contributed by atoms with E-state index < -0.39 is 0 Å². The van der Waals surface area contributed by atoms with Gasteiger partial charge in [0.15, 0.2) is 0 Å². The number of carbonyl (C=O) groups excluding carboxylic acids is 2. The van der Waals surface area contributed by atoms with Crippen molar-refractivity contribution >= 4 is 11.8 Å². The fourth-order valence-corrected chi connectivity index (χ4v) is 1.72. The second-order valence-corrected chi connectivity index (χ2v) is 4.65. The maximum atomic E-state index is 11.9. The van der Waals surface area contributed by atoms with E-state index in [1.165, 1.54) is 38.2 Å². The van der Waals surface area contributed by atoms with E-state index in [2.05, 4.69) is 0 Å². The highest BCUT2D eigenvalue weighted by atomic mass is 16.5. The molecular formula is C14H28N2O7. The van der Waals surface area contributed by atoms with Gasteiger partial charge in [-0.15, -0.1) is 0 Å². The molecule has 0 aromatic carbocycles. The van der Waals surface area contributed by atoms with Crippen molar-refractivity contribution in [3.05, 3.63) is 0 Å². The van der Waals surface area contributed by atoms with E-state index in [-0.39, 0.29) is 64.8 Å². The Bertz CT molecular complexity index is 286. The zero-order valence-corrected chi connectivity index (χ0v) is 14.4. The average molecular weight is 336 g/mol. The van der Waals surface area contributed by atoms with Crippen molar-refractivity contribution < 1.29 is 33.3 Å². The Balaban J connectivity index is 3.93. The van der Waals surface area contributed by atoms with Crippen LogP contribution in [0.15, 0.2) is 0 Å². The van der Waals surface area contributed by atoms with Crippen LogP contribution in [-0.2, 0) is 33.3 Å². The van der Waals surface area contributed by atoms with Gasteiger partial charge in [-0.25, -0.2) is 0 Å². The first kappa shape index (κ1) is 21.7. The number of hydrogen-bond acceptors (Lipinski definition) is 7. The molecule has 23 heavy (non-hydrogen) atoms. The lowest BCUT2D eigenvalue weighted by Crippen LogP contribution is -2.35. The van der Waals surface area contributed by atoms with E-state index in [4.69, 9.17) is 23.7 Å². The minimum Gasteiger partial charge on any atom is -0.380 e. The van der Waals surface area contributed by atoms with Gasteiger partial charge in [0, 0.05) is 28.4 Å². The third-order valence-electron chi connectivity index (χ3n) is 2.77. The van der Waals surface area contributed by atoms with E-state index in [0.717, 1.165) is 0 Å². The van der Waals surface area contributed by atoms with Gasteiger partial charge in [0.1, 0.15) is 26.9 Å². The molecule has 0 aromatic rings. The number of methoxy groups -OCH3 is 4. The first-order valence-electron chi connectivity index (χ1n) is 7.19. The largest absolute Gasteiger partial charge is 0.380 e. The molecular weight excluding hydrogens is 308 g/mol. The number of rotatable bonds is 14. The predicted octanol–water partition coefficient (Wildman–Crippen LogP) is -0.144. The summed E-state index contributed by atoms with van der Waals surface area (Å²) in [6.07, 6.45) is 0.390. The number of ether oxygens (including phenoxy) is 5. The quantitative estimate of drug-likeness (QED) is 0.322. The SMILES string of the molecule is COCN(COC)C(=O)CCOCCC(=O)N(COC)COC. The summed E-state index contributed by atoms with van der Waals surface area (Å²) < 4.78 is 25.0. The van der Waals surface area contributed by atoms with Crippen molar-refractivity contribution in [2.45, 2.75) is 12.8 Å². The van der Waals surface area contributed by atoms with Crippen LogP contribution in [0.4, 0.5) is 0 Å². The van der Waals surface area contributed by atoms with Crippen LogP contribution in [0.1, 0.15) is 12.8 Å². The zero-order chi connectivity index (χ0) is 17.5. The lowest BCUT2D eigenvalue weighted by molar-refractivity contribution is -0.144. The molecule has 0 spiro atoms. The average Bonchev–Trinajstić information content (AvgIpc) is 2.53. The van der Waals surface area contributed by atoms with Gasteiger partial charge >= 0.3 is 0 Å². The van der Waals surface area contributed by atoms with Gasteiger partial charge in [-0.2, -0.15) is 0 Å². The van der Waals surface area contributed by atoms with Crippen LogP contribution in [-0.4, -0.2) is 90.2 Å². The standard InChI is InChI=1S/C14H28N2O7/c1-19-9-15(10-20-2)13(17)5-7-23-8-6-14(18)16(11-21-3)12-22-4/h5-12H2,1-4H3. The van der Waals surface area contributed by atoms with Crippen molar-refractivity contribution in [1.82, 2.24) is 9.80 Å². The third kappa shape index (κ3) is 10.2. The lowest BCUT2D eigenvalue weighted by atomic mass is 10.4. The molecule has 136 valence electrons. The third-order valence-corrected chi connectivity index (χ3v) is 2.77. The van der Waals surface area contributed by atoms with Gasteiger partial charge in [-0.3, -0.25) is 19.4 Å².